The van der Waals surface area contributed by atoms with Gasteiger partial charge in [0, 0.05) is 32.9 Å². The summed E-state index contributed by atoms with van der Waals surface area (Å²) in [7, 11) is 1.86. The van der Waals surface area contributed by atoms with Crippen molar-refractivity contribution in [3.8, 4) is 10.6 Å². The molecule has 1 fully saturated rings. The number of fused-ring (bicyclic) bond motifs is 1. The summed E-state index contributed by atoms with van der Waals surface area (Å²) in [6, 6.07) is 9.98. The van der Waals surface area contributed by atoms with Crippen molar-refractivity contribution in [1.82, 2.24) is 25.1 Å². The topological polar surface area (TPSA) is 75.9 Å². The Morgan fingerprint density at radius 2 is 2.06 bits per heavy atom. The van der Waals surface area contributed by atoms with Crippen LogP contribution < -0.4 is 10.2 Å². The first-order chi connectivity index (χ1) is 16.0. The van der Waals surface area contributed by atoms with Gasteiger partial charge in [0.1, 0.15) is 5.82 Å². The molecule has 5 rings (SSSR count). The van der Waals surface area contributed by atoms with Gasteiger partial charge in [-0.25, -0.2) is 9.97 Å². The van der Waals surface area contributed by atoms with Crippen LogP contribution in [0.1, 0.15) is 41.4 Å². The molecule has 0 saturated carbocycles. The monoisotopic (exact) mass is 460 g/mol. The number of aryl methyl sites for hydroxylation is 2. The van der Waals surface area contributed by atoms with E-state index < -0.39 is 0 Å². The number of pyridine rings is 2. The van der Waals surface area contributed by atoms with Gasteiger partial charge in [0.15, 0.2) is 5.65 Å². The second-order valence-corrected chi connectivity index (χ2v) is 9.76. The smallest absolute Gasteiger partial charge is 0.252 e. The molecule has 0 radical (unpaired) electrons. The molecule has 0 unspecified atom stereocenters. The first-order valence-electron chi connectivity index (χ1n) is 11.4. The number of aromatic nitrogens is 4. The molecular formula is C25H28N6OS. The van der Waals surface area contributed by atoms with E-state index in [0.717, 1.165) is 52.0 Å². The Labute approximate surface area is 197 Å². The molecule has 0 atom stereocenters. The zero-order valence-electron chi connectivity index (χ0n) is 19.2. The number of amides is 1. The normalized spacial score (nSPS) is 14.7. The van der Waals surface area contributed by atoms with Crippen molar-refractivity contribution in [3.63, 3.8) is 0 Å². The lowest BCUT2D eigenvalue weighted by Gasteiger charge is -2.31. The van der Waals surface area contributed by atoms with Crippen LogP contribution in [0.2, 0.25) is 0 Å². The minimum atomic E-state index is -0.134. The number of carbonyl (C=O) groups is 1. The van der Waals surface area contributed by atoms with Crippen LogP contribution in [-0.2, 0) is 13.6 Å². The lowest BCUT2D eigenvalue weighted by atomic mass is 9.99. The Bertz CT molecular complexity index is 1270. The lowest BCUT2D eigenvalue weighted by molar-refractivity contribution is 0.0952. The molecular weight excluding hydrogens is 432 g/mol. The Morgan fingerprint density at radius 3 is 2.76 bits per heavy atom. The van der Waals surface area contributed by atoms with Crippen molar-refractivity contribution in [1.29, 1.82) is 0 Å². The van der Waals surface area contributed by atoms with E-state index in [-0.39, 0.29) is 5.91 Å². The van der Waals surface area contributed by atoms with E-state index in [4.69, 9.17) is 4.98 Å². The minimum Gasteiger partial charge on any atom is -0.357 e. The van der Waals surface area contributed by atoms with Gasteiger partial charge < -0.3 is 10.2 Å². The molecule has 0 spiro atoms. The summed E-state index contributed by atoms with van der Waals surface area (Å²) < 4.78 is 1.74. The van der Waals surface area contributed by atoms with Crippen LogP contribution in [0.3, 0.4) is 0 Å². The van der Waals surface area contributed by atoms with Crippen molar-refractivity contribution in [3.05, 3.63) is 58.7 Å². The standard InChI is InChI=1S/C25H28N6OS/c1-16-8-10-31(11-9-16)22-7-6-18(14-26-22)15-27-25(32)19-13-20(21-5-4-12-33-21)28-24-23(19)17(2)29-30(24)3/h4-7,12-14,16H,8-11,15H2,1-3H3,(H,27,32). The fourth-order valence-corrected chi connectivity index (χ4v) is 5.08. The van der Waals surface area contributed by atoms with Gasteiger partial charge in [-0.1, -0.05) is 19.1 Å². The second kappa shape index (κ2) is 8.94. The van der Waals surface area contributed by atoms with Gasteiger partial charge in [-0.05, 0) is 54.8 Å². The summed E-state index contributed by atoms with van der Waals surface area (Å²) in [5.74, 6) is 1.67. The number of anilines is 1. The Balaban J connectivity index is 1.35. The Morgan fingerprint density at radius 1 is 1.24 bits per heavy atom. The maximum absolute atomic E-state index is 13.3. The van der Waals surface area contributed by atoms with Gasteiger partial charge >= 0.3 is 0 Å². The number of nitrogens with zero attached hydrogens (tertiary/aromatic N) is 5. The summed E-state index contributed by atoms with van der Waals surface area (Å²) in [5, 5.41) is 10.4. The molecule has 170 valence electrons. The van der Waals surface area contributed by atoms with Crippen molar-refractivity contribution >= 4 is 34.1 Å². The molecule has 1 saturated heterocycles. The van der Waals surface area contributed by atoms with E-state index >= 15 is 0 Å². The summed E-state index contributed by atoms with van der Waals surface area (Å²) in [6.07, 6.45) is 4.28. The molecule has 33 heavy (non-hydrogen) atoms. The Kier molecular flexibility index (Phi) is 5.85. The third-order valence-electron chi connectivity index (χ3n) is 6.36. The quantitative estimate of drug-likeness (QED) is 0.472. The molecule has 0 aliphatic carbocycles. The van der Waals surface area contributed by atoms with Gasteiger partial charge in [0.05, 0.1) is 27.2 Å². The van der Waals surface area contributed by atoms with E-state index in [0.29, 0.717) is 17.8 Å². The summed E-state index contributed by atoms with van der Waals surface area (Å²) >= 11 is 1.60. The first kappa shape index (κ1) is 21.6. The van der Waals surface area contributed by atoms with E-state index in [1.54, 1.807) is 16.0 Å². The molecule has 1 amide bonds. The lowest BCUT2D eigenvalue weighted by Crippen LogP contribution is -2.33. The second-order valence-electron chi connectivity index (χ2n) is 8.82. The van der Waals surface area contributed by atoms with Crippen LogP contribution >= 0.6 is 11.3 Å². The number of hydrogen-bond acceptors (Lipinski definition) is 6. The third kappa shape index (κ3) is 4.35. The predicted octanol–water partition coefficient (Wildman–Crippen LogP) is 4.57. The zero-order chi connectivity index (χ0) is 22.9. The van der Waals surface area contributed by atoms with E-state index in [2.05, 4.69) is 39.4 Å². The number of piperidine rings is 1. The summed E-state index contributed by atoms with van der Waals surface area (Å²) in [4.78, 5) is 26.0. The van der Waals surface area contributed by atoms with E-state index in [1.807, 2.05) is 43.7 Å². The summed E-state index contributed by atoms with van der Waals surface area (Å²) in [6.45, 7) is 6.75. The van der Waals surface area contributed by atoms with Gasteiger partial charge in [-0.3, -0.25) is 9.48 Å². The number of rotatable bonds is 5. The highest BCUT2D eigenvalue weighted by Gasteiger charge is 2.20. The van der Waals surface area contributed by atoms with Crippen molar-refractivity contribution in [2.75, 3.05) is 18.0 Å². The number of carbonyl (C=O) groups excluding carboxylic acids is 1. The first-order valence-corrected chi connectivity index (χ1v) is 12.2. The molecule has 1 aliphatic rings. The average Bonchev–Trinajstić information content (AvgIpc) is 3.46. The van der Waals surface area contributed by atoms with Crippen molar-refractivity contribution in [2.24, 2.45) is 13.0 Å². The molecule has 4 aromatic rings. The van der Waals surface area contributed by atoms with Crippen LogP contribution in [0.5, 0.6) is 0 Å². The largest absolute Gasteiger partial charge is 0.357 e. The fourth-order valence-electron chi connectivity index (χ4n) is 4.40. The molecule has 8 heteroatoms. The molecule has 5 heterocycles. The predicted molar refractivity (Wildman–Crippen MR) is 133 cm³/mol. The highest BCUT2D eigenvalue weighted by atomic mass is 32.1. The maximum atomic E-state index is 13.3. The maximum Gasteiger partial charge on any atom is 0.252 e. The molecule has 4 aromatic heterocycles. The molecule has 7 nitrogen and oxygen atoms in total. The molecule has 0 aromatic carbocycles. The van der Waals surface area contributed by atoms with Crippen LogP contribution in [0.4, 0.5) is 5.82 Å². The van der Waals surface area contributed by atoms with Crippen LogP contribution in [0.15, 0.2) is 41.9 Å². The Hall–Kier alpha value is -3.26. The van der Waals surface area contributed by atoms with Crippen LogP contribution in [0.25, 0.3) is 21.6 Å². The van der Waals surface area contributed by atoms with Crippen LogP contribution in [0, 0.1) is 12.8 Å². The van der Waals surface area contributed by atoms with Gasteiger partial charge in [0.2, 0.25) is 0 Å². The number of nitrogens with one attached hydrogen (secondary N) is 1. The fraction of sp³-hybridized carbons (Fsp3) is 0.360. The van der Waals surface area contributed by atoms with E-state index in [1.165, 1.54) is 12.8 Å². The van der Waals surface area contributed by atoms with Gasteiger partial charge in [-0.15, -0.1) is 11.3 Å². The molecule has 1 aliphatic heterocycles. The minimum absolute atomic E-state index is 0.134. The van der Waals surface area contributed by atoms with Crippen molar-refractivity contribution < 1.29 is 4.79 Å². The average molecular weight is 461 g/mol. The number of thiophene rings is 1. The molecule has 1 N–H and O–H groups in total. The van der Waals surface area contributed by atoms with Gasteiger partial charge in [0.25, 0.3) is 5.91 Å². The highest BCUT2D eigenvalue weighted by Crippen LogP contribution is 2.29. The number of hydrogen-bond donors (Lipinski definition) is 1. The SMILES string of the molecule is Cc1nn(C)c2nc(-c3cccs3)cc(C(=O)NCc3ccc(N4CCC(C)CC4)nc3)c12. The highest BCUT2D eigenvalue weighted by molar-refractivity contribution is 7.13. The van der Waals surface area contributed by atoms with Gasteiger partial charge in [-0.2, -0.15) is 5.10 Å². The third-order valence-corrected chi connectivity index (χ3v) is 7.25. The van der Waals surface area contributed by atoms with E-state index in [9.17, 15) is 4.79 Å². The zero-order valence-corrected chi connectivity index (χ0v) is 20.0. The van der Waals surface area contributed by atoms with Crippen LogP contribution in [-0.4, -0.2) is 38.7 Å². The van der Waals surface area contributed by atoms with Crippen molar-refractivity contribution in [2.45, 2.75) is 33.2 Å². The molecule has 0 bridgehead atoms. The summed E-state index contributed by atoms with van der Waals surface area (Å²) in [5.41, 5.74) is 3.87.